The summed E-state index contributed by atoms with van der Waals surface area (Å²) in [7, 11) is 0. The molecule has 0 atom stereocenters. The Labute approximate surface area is 121 Å². The van der Waals surface area contributed by atoms with Gasteiger partial charge in [0, 0.05) is 21.3 Å². The van der Waals surface area contributed by atoms with Gasteiger partial charge in [-0.05, 0) is 23.0 Å². The van der Waals surface area contributed by atoms with Crippen molar-refractivity contribution in [2.24, 2.45) is 10.8 Å². The van der Waals surface area contributed by atoms with Gasteiger partial charge in [0.1, 0.15) is 0 Å². The number of hydrogen-bond donors (Lipinski definition) is 0. The first-order valence-electron chi connectivity index (χ1n) is 6.52. The summed E-state index contributed by atoms with van der Waals surface area (Å²) < 4.78 is 0. The van der Waals surface area contributed by atoms with Gasteiger partial charge in [-0.25, -0.2) is 0 Å². The van der Waals surface area contributed by atoms with Crippen molar-refractivity contribution in [2.75, 3.05) is 11.5 Å². The van der Waals surface area contributed by atoms with Gasteiger partial charge in [-0.2, -0.15) is 0 Å². The number of hydrogen-bond acceptors (Lipinski definition) is 2. The van der Waals surface area contributed by atoms with E-state index in [1.807, 2.05) is 23.5 Å². The summed E-state index contributed by atoms with van der Waals surface area (Å²) in [5, 5.41) is 0. The van der Waals surface area contributed by atoms with Gasteiger partial charge in [-0.15, -0.1) is 23.5 Å². The van der Waals surface area contributed by atoms with Crippen molar-refractivity contribution in [1.29, 1.82) is 0 Å². The molecule has 0 aliphatic carbocycles. The van der Waals surface area contributed by atoms with Crippen LogP contribution in [0, 0.1) is 10.8 Å². The van der Waals surface area contributed by atoms with E-state index in [-0.39, 0.29) is 0 Å². The van der Waals surface area contributed by atoms with E-state index in [0.29, 0.717) is 10.8 Å². The summed E-state index contributed by atoms with van der Waals surface area (Å²) in [5.41, 5.74) is 0.763. The molecule has 0 spiro atoms. The van der Waals surface area contributed by atoms with Crippen LogP contribution in [0.1, 0.15) is 41.5 Å². The number of benzene rings is 1. The first kappa shape index (κ1) is 16.0. The standard InChI is InChI=1S/C16H26S2/c1-15(2,3)11-17-13-9-7-8-10-14(13)18-12-16(4,5)6/h7-10H,11-12H2,1-6H3. The predicted molar refractivity (Wildman–Crippen MR) is 86.8 cm³/mol. The highest BCUT2D eigenvalue weighted by molar-refractivity contribution is 8.02. The maximum Gasteiger partial charge on any atom is 0.0208 e. The zero-order chi connectivity index (χ0) is 13.8. The Kier molecular flexibility index (Phi) is 5.67. The summed E-state index contributed by atoms with van der Waals surface area (Å²) in [4.78, 5) is 2.86. The zero-order valence-electron chi connectivity index (χ0n) is 12.5. The van der Waals surface area contributed by atoms with E-state index in [0.717, 1.165) is 0 Å². The van der Waals surface area contributed by atoms with Crippen molar-refractivity contribution in [1.82, 2.24) is 0 Å². The fourth-order valence-corrected chi connectivity index (χ4v) is 3.58. The first-order chi connectivity index (χ1) is 8.17. The van der Waals surface area contributed by atoms with Crippen LogP contribution in [0.15, 0.2) is 34.1 Å². The average Bonchev–Trinajstić information content (AvgIpc) is 2.22. The van der Waals surface area contributed by atoms with Crippen LogP contribution in [0.3, 0.4) is 0 Å². The summed E-state index contributed by atoms with van der Waals surface area (Å²) in [6.45, 7) is 13.8. The maximum atomic E-state index is 2.30. The molecule has 0 nitrogen and oxygen atoms in total. The highest BCUT2D eigenvalue weighted by Crippen LogP contribution is 2.36. The fourth-order valence-electron chi connectivity index (χ4n) is 1.28. The third kappa shape index (κ3) is 6.75. The molecule has 18 heavy (non-hydrogen) atoms. The van der Waals surface area contributed by atoms with Gasteiger partial charge in [-0.1, -0.05) is 53.7 Å². The van der Waals surface area contributed by atoms with Crippen LogP contribution in [0.25, 0.3) is 0 Å². The van der Waals surface area contributed by atoms with Crippen molar-refractivity contribution >= 4 is 23.5 Å². The van der Waals surface area contributed by atoms with E-state index < -0.39 is 0 Å². The summed E-state index contributed by atoms with van der Waals surface area (Å²) in [5.74, 6) is 2.33. The second-order valence-corrected chi connectivity index (χ2v) is 9.18. The van der Waals surface area contributed by atoms with Crippen LogP contribution in [-0.2, 0) is 0 Å². The Hall–Kier alpha value is -0.0800. The van der Waals surface area contributed by atoms with Crippen molar-refractivity contribution in [3.05, 3.63) is 24.3 Å². The molecule has 0 aromatic heterocycles. The van der Waals surface area contributed by atoms with Crippen molar-refractivity contribution in [3.63, 3.8) is 0 Å². The molecule has 2 heteroatoms. The molecule has 0 saturated carbocycles. The predicted octanol–water partition coefficient (Wildman–Crippen LogP) is 5.96. The Morgan fingerprint density at radius 2 is 1.06 bits per heavy atom. The lowest BCUT2D eigenvalue weighted by atomic mass is 10.0. The number of thioether (sulfide) groups is 2. The van der Waals surface area contributed by atoms with Crippen LogP contribution in [0.4, 0.5) is 0 Å². The third-order valence-corrected chi connectivity index (χ3v) is 5.65. The average molecular weight is 283 g/mol. The smallest absolute Gasteiger partial charge is 0.0208 e. The minimum Gasteiger partial charge on any atom is -0.124 e. The molecule has 0 aliphatic heterocycles. The van der Waals surface area contributed by atoms with Crippen LogP contribution in [-0.4, -0.2) is 11.5 Å². The van der Waals surface area contributed by atoms with Crippen molar-refractivity contribution < 1.29 is 0 Å². The van der Waals surface area contributed by atoms with E-state index in [2.05, 4.69) is 65.8 Å². The van der Waals surface area contributed by atoms with Gasteiger partial charge < -0.3 is 0 Å². The molecular weight excluding hydrogens is 256 g/mol. The fraction of sp³-hybridized carbons (Fsp3) is 0.625. The lowest BCUT2D eigenvalue weighted by molar-refractivity contribution is 0.479. The molecular formula is C16H26S2. The minimum absolute atomic E-state index is 0.381. The third-order valence-electron chi connectivity index (χ3n) is 2.17. The Morgan fingerprint density at radius 1 is 0.722 bits per heavy atom. The van der Waals surface area contributed by atoms with Crippen molar-refractivity contribution in [3.8, 4) is 0 Å². The maximum absolute atomic E-state index is 2.30. The monoisotopic (exact) mass is 282 g/mol. The van der Waals surface area contributed by atoms with Gasteiger partial charge in [0.25, 0.3) is 0 Å². The number of rotatable bonds is 4. The molecule has 1 aromatic rings. The zero-order valence-corrected chi connectivity index (χ0v) is 14.2. The molecule has 102 valence electrons. The second kappa shape index (κ2) is 6.38. The quantitative estimate of drug-likeness (QED) is 0.625. The first-order valence-corrected chi connectivity index (χ1v) is 8.49. The minimum atomic E-state index is 0.381. The van der Waals surface area contributed by atoms with E-state index in [9.17, 15) is 0 Å². The van der Waals surface area contributed by atoms with Gasteiger partial charge >= 0.3 is 0 Å². The molecule has 0 heterocycles. The van der Waals surface area contributed by atoms with Gasteiger partial charge in [0.15, 0.2) is 0 Å². The van der Waals surface area contributed by atoms with Gasteiger partial charge in [0.2, 0.25) is 0 Å². The molecule has 0 fully saturated rings. The molecule has 0 saturated heterocycles. The highest BCUT2D eigenvalue weighted by atomic mass is 32.2. The van der Waals surface area contributed by atoms with E-state index in [1.54, 1.807) is 0 Å². The van der Waals surface area contributed by atoms with Gasteiger partial charge in [0.05, 0.1) is 0 Å². The molecule has 1 rings (SSSR count). The summed E-state index contributed by atoms with van der Waals surface area (Å²) >= 11 is 3.97. The molecule has 0 bridgehead atoms. The normalized spacial score (nSPS) is 12.8. The van der Waals surface area contributed by atoms with Crippen LogP contribution in [0.2, 0.25) is 0 Å². The van der Waals surface area contributed by atoms with Crippen LogP contribution >= 0.6 is 23.5 Å². The largest absolute Gasteiger partial charge is 0.124 e. The van der Waals surface area contributed by atoms with Crippen molar-refractivity contribution in [2.45, 2.75) is 51.3 Å². The van der Waals surface area contributed by atoms with E-state index in [1.165, 1.54) is 21.3 Å². The molecule has 0 unspecified atom stereocenters. The summed E-state index contributed by atoms with van der Waals surface area (Å²) in [6, 6.07) is 8.79. The highest BCUT2D eigenvalue weighted by Gasteiger charge is 2.15. The van der Waals surface area contributed by atoms with E-state index in [4.69, 9.17) is 0 Å². The lowest BCUT2D eigenvalue weighted by Gasteiger charge is -2.20. The SMILES string of the molecule is CC(C)(C)CSc1ccccc1SCC(C)(C)C. The second-order valence-electron chi connectivity index (χ2n) is 7.15. The molecule has 0 radical (unpaired) electrons. The topological polar surface area (TPSA) is 0 Å². The lowest BCUT2D eigenvalue weighted by Crippen LogP contribution is -2.09. The molecule has 1 aromatic carbocycles. The van der Waals surface area contributed by atoms with E-state index >= 15 is 0 Å². The molecule has 0 N–H and O–H groups in total. The van der Waals surface area contributed by atoms with Crippen LogP contribution < -0.4 is 0 Å². The summed E-state index contributed by atoms with van der Waals surface area (Å²) in [6.07, 6.45) is 0. The molecule has 0 amide bonds. The Bertz CT molecular complexity index is 332. The van der Waals surface area contributed by atoms with Crippen LogP contribution in [0.5, 0.6) is 0 Å². The Balaban J connectivity index is 2.68. The molecule has 0 aliphatic rings. The van der Waals surface area contributed by atoms with Gasteiger partial charge in [-0.3, -0.25) is 0 Å². The Morgan fingerprint density at radius 3 is 1.33 bits per heavy atom.